The SMILES string of the molecule is Cc1cccc(C)c1OCc1nnc(S[C@H]2C[C@@H](C)OC2=O)n1-c1ccccc1. The predicted molar refractivity (Wildman–Crippen MR) is 111 cm³/mol. The molecule has 1 aliphatic heterocycles. The lowest BCUT2D eigenvalue weighted by atomic mass is 10.1. The fourth-order valence-electron chi connectivity index (χ4n) is 3.41. The molecule has 7 heteroatoms. The van der Waals surface area contributed by atoms with Gasteiger partial charge in [0.15, 0.2) is 11.0 Å². The van der Waals surface area contributed by atoms with Crippen molar-refractivity contribution in [1.29, 1.82) is 0 Å². The summed E-state index contributed by atoms with van der Waals surface area (Å²) in [5, 5.41) is 9.11. The molecule has 29 heavy (non-hydrogen) atoms. The molecule has 0 saturated carbocycles. The minimum atomic E-state index is -0.274. The number of nitrogens with zero attached hydrogens (tertiary/aromatic N) is 3. The highest BCUT2D eigenvalue weighted by Crippen LogP contribution is 2.33. The first kappa shape index (κ1) is 19.5. The van der Waals surface area contributed by atoms with E-state index in [1.54, 1.807) is 0 Å². The number of hydrogen-bond donors (Lipinski definition) is 0. The molecule has 1 fully saturated rings. The first-order valence-electron chi connectivity index (χ1n) is 9.59. The van der Waals surface area contributed by atoms with Gasteiger partial charge in [-0.25, -0.2) is 0 Å². The highest BCUT2D eigenvalue weighted by atomic mass is 32.2. The van der Waals surface area contributed by atoms with Crippen LogP contribution in [0.4, 0.5) is 0 Å². The lowest BCUT2D eigenvalue weighted by molar-refractivity contribution is -0.140. The van der Waals surface area contributed by atoms with Gasteiger partial charge in [0.05, 0.1) is 0 Å². The molecule has 6 nitrogen and oxygen atoms in total. The Hall–Kier alpha value is -2.80. The Kier molecular flexibility index (Phi) is 5.58. The Morgan fingerprint density at radius 1 is 1.10 bits per heavy atom. The van der Waals surface area contributed by atoms with E-state index in [2.05, 4.69) is 10.2 Å². The molecule has 0 amide bonds. The predicted octanol–water partition coefficient (Wildman–Crippen LogP) is 4.26. The largest absolute Gasteiger partial charge is 0.485 e. The van der Waals surface area contributed by atoms with E-state index in [0.717, 1.165) is 22.6 Å². The van der Waals surface area contributed by atoms with E-state index in [1.165, 1.54) is 11.8 Å². The van der Waals surface area contributed by atoms with Gasteiger partial charge in [-0.15, -0.1) is 10.2 Å². The van der Waals surface area contributed by atoms with Crippen molar-refractivity contribution in [3.8, 4) is 11.4 Å². The fourth-order valence-corrected chi connectivity index (χ4v) is 4.59. The van der Waals surface area contributed by atoms with Crippen LogP contribution in [0.5, 0.6) is 5.75 Å². The average molecular weight is 410 g/mol. The van der Waals surface area contributed by atoms with E-state index in [1.807, 2.05) is 73.9 Å². The number of carbonyl (C=O) groups is 1. The highest BCUT2D eigenvalue weighted by molar-refractivity contribution is 8.00. The molecular formula is C22H23N3O3S. The highest BCUT2D eigenvalue weighted by Gasteiger charge is 2.34. The Morgan fingerprint density at radius 3 is 2.48 bits per heavy atom. The number of hydrogen-bond acceptors (Lipinski definition) is 6. The number of thioether (sulfide) groups is 1. The maximum Gasteiger partial charge on any atom is 0.319 e. The van der Waals surface area contributed by atoms with Gasteiger partial charge in [-0.05, 0) is 44.0 Å². The van der Waals surface area contributed by atoms with Crippen LogP contribution in [0.1, 0.15) is 30.3 Å². The van der Waals surface area contributed by atoms with Gasteiger partial charge >= 0.3 is 5.97 Å². The third-order valence-corrected chi connectivity index (χ3v) is 5.99. The van der Waals surface area contributed by atoms with Gasteiger partial charge in [0, 0.05) is 12.1 Å². The van der Waals surface area contributed by atoms with Crippen LogP contribution in [0.15, 0.2) is 53.7 Å². The van der Waals surface area contributed by atoms with Gasteiger partial charge in [-0.2, -0.15) is 0 Å². The minimum absolute atomic E-state index is 0.0695. The number of benzene rings is 2. The van der Waals surface area contributed by atoms with Crippen molar-refractivity contribution in [3.05, 3.63) is 65.5 Å². The van der Waals surface area contributed by atoms with Crippen molar-refractivity contribution in [2.45, 2.75) is 50.3 Å². The number of carbonyl (C=O) groups excluding carboxylic acids is 1. The van der Waals surface area contributed by atoms with Gasteiger partial charge in [-0.3, -0.25) is 9.36 Å². The second-order valence-electron chi connectivity index (χ2n) is 7.17. The Labute approximate surface area is 174 Å². The Bertz CT molecular complexity index is 999. The normalized spacial score (nSPS) is 18.7. The second kappa shape index (κ2) is 8.29. The van der Waals surface area contributed by atoms with Crippen LogP contribution in [-0.4, -0.2) is 32.1 Å². The van der Waals surface area contributed by atoms with E-state index in [9.17, 15) is 4.79 Å². The first-order valence-corrected chi connectivity index (χ1v) is 10.5. The number of aromatic nitrogens is 3. The van der Waals surface area contributed by atoms with E-state index < -0.39 is 0 Å². The van der Waals surface area contributed by atoms with E-state index >= 15 is 0 Å². The molecule has 0 aliphatic carbocycles. The maximum atomic E-state index is 12.1. The lowest BCUT2D eigenvalue weighted by Crippen LogP contribution is -2.12. The third kappa shape index (κ3) is 4.15. The fraction of sp³-hybridized carbons (Fsp3) is 0.318. The molecule has 0 N–H and O–H groups in total. The van der Waals surface area contributed by atoms with Crippen molar-refractivity contribution in [2.24, 2.45) is 0 Å². The molecule has 2 aromatic carbocycles. The zero-order valence-corrected chi connectivity index (χ0v) is 17.5. The molecule has 2 heterocycles. The monoisotopic (exact) mass is 409 g/mol. The van der Waals surface area contributed by atoms with Crippen molar-refractivity contribution < 1.29 is 14.3 Å². The summed E-state index contributed by atoms with van der Waals surface area (Å²) in [6.07, 6.45) is 0.597. The average Bonchev–Trinajstić information content (AvgIpc) is 3.24. The van der Waals surface area contributed by atoms with Crippen LogP contribution >= 0.6 is 11.8 Å². The number of para-hydroxylation sites is 2. The van der Waals surface area contributed by atoms with E-state index in [0.29, 0.717) is 17.4 Å². The molecule has 0 radical (unpaired) electrons. The van der Waals surface area contributed by atoms with Gasteiger partial charge < -0.3 is 9.47 Å². The molecule has 1 aromatic heterocycles. The van der Waals surface area contributed by atoms with Crippen molar-refractivity contribution in [2.75, 3.05) is 0 Å². The van der Waals surface area contributed by atoms with E-state index in [-0.39, 0.29) is 23.9 Å². The summed E-state index contributed by atoms with van der Waals surface area (Å²) in [5.74, 6) is 1.34. The molecule has 0 spiro atoms. The van der Waals surface area contributed by atoms with Gasteiger partial charge in [0.25, 0.3) is 0 Å². The Morgan fingerprint density at radius 2 is 1.83 bits per heavy atom. The van der Waals surface area contributed by atoms with Gasteiger partial charge in [0.2, 0.25) is 0 Å². The van der Waals surface area contributed by atoms with E-state index in [4.69, 9.17) is 9.47 Å². The maximum absolute atomic E-state index is 12.1. The van der Waals surface area contributed by atoms with Gasteiger partial charge in [-0.1, -0.05) is 48.2 Å². The molecule has 3 aromatic rings. The second-order valence-corrected chi connectivity index (χ2v) is 8.34. The molecule has 0 unspecified atom stereocenters. The number of ether oxygens (including phenoxy) is 2. The topological polar surface area (TPSA) is 66.2 Å². The summed E-state index contributed by atoms with van der Waals surface area (Å²) < 4.78 is 13.4. The van der Waals surface area contributed by atoms with Crippen LogP contribution in [0, 0.1) is 13.8 Å². The first-order chi connectivity index (χ1) is 14.0. The van der Waals surface area contributed by atoms with Gasteiger partial charge in [0.1, 0.15) is 23.7 Å². The summed E-state index contributed by atoms with van der Waals surface area (Å²) in [6.45, 7) is 6.24. The van der Waals surface area contributed by atoms with Crippen molar-refractivity contribution in [1.82, 2.24) is 14.8 Å². The van der Waals surface area contributed by atoms with Crippen LogP contribution in [0.2, 0.25) is 0 Å². The number of esters is 1. The van der Waals surface area contributed by atoms with Crippen LogP contribution in [0.3, 0.4) is 0 Å². The van der Waals surface area contributed by atoms with Crippen LogP contribution < -0.4 is 4.74 Å². The number of rotatable bonds is 6. The summed E-state index contributed by atoms with van der Waals surface area (Å²) in [4.78, 5) is 12.1. The quantitative estimate of drug-likeness (QED) is 0.567. The molecule has 4 rings (SSSR count). The lowest BCUT2D eigenvalue weighted by Gasteiger charge is -2.14. The van der Waals surface area contributed by atoms with Crippen LogP contribution in [0.25, 0.3) is 5.69 Å². The standard InChI is InChI=1S/C22H23N3O3S/c1-14-8-7-9-15(2)20(14)27-13-19-23-24-22(25(19)17-10-5-4-6-11-17)29-18-12-16(3)28-21(18)26/h4-11,16,18H,12-13H2,1-3H3/t16-,18+/m1/s1. The third-order valence-electron chi connectivity index (χ3n) is 4.84. The molecule has 0 bridgehead atoms. The molecular weight excluding hydrogens is 386 g/mol. The minimum Gasteiger partial charge on any atom is -0.485 e. The molecule has 1 saturated heterocycles. The molecule has 2 atom stereocenters. The van der Waals surface area contributed by atoms with Crippen molar-refractivity contribution in [3.63, 3.8) is 0 Å². The van der Waals surface area contributed by atoms with Crippen LogP contribution in [-0.2, 0) is 16.1 Å². The summed E-state index contributed by atoms with van der Waals surface area (Å²) in [7, 11) is 0. The summed E-state index contributed by atoms with van der Waals surface area (Å²) in [6, 6.07) is 15.9. The smallest absolute Gasteiger partial charge is 0.319 e. The summed E-state index contributed by atoms with van der Waals surface area (Å²) >= 11 is 1.39. The molecule has 1 aliphatic rings. The summed E-state index contributed by atoms with van der Waals surface area (Å²) in [5.41, 5.74) is 3.08. The zero-order chi connectivity index (χ0) is 20.4. The van der Waals surface area contributed by atoms with Crippen molar-refractivity contribution >= 4 is 17.7 Å². The Balaban J connectivity index is 1.64. The number of cyclic esters (lactones) is 1. The molecule has 150 valence electrons. The number of aryl methyl sites for hydroxylation is 2. The zero-order valence-electron chi connectivity index (χ0n) is 16.7.